The van der Waals surface area contributed by atoms with Crippen LogP contribution in [0.1, 0.15) is 34.6 Å². The first-order valence-corrected chi connectivity index (χ1v) is 7.75. The molecule has 110 valence electrons. The fraction of sp³-hybridized carbons (Fsp3) is 0.333. The molecule has 0 atom stereocenters. The molecule has 1 aliphatic heterocycles. The monoisotopic (exact) mass is 302 g/mol. The summed E-state index contributed by atoms with van der Waals surface area (Å²) in [7, 11) is 0. The topological polar surface area (TPSA) is 71.2 Å². The van der Waals surface area contributed by atoms with E-state index in [1.807, 2.05) is 30.9 Å². The third-order valence-corrected chi connectivity index (χ3v) is 4.38. The van der Waals surface area contributed by atoms with Crippen molar-refractivity contribution in [3.63, 3.8) is 0 Å². The highest BCUT2D eigenvalue weighted by Gasteiger charge is 2.27. The normalized spacial score (nSPS) is 13.6. The van der Waals surface area contributed by atoms with Crippen LogP contribution < -0.4 is 11.1 Å². The predicted octanol–water partition coefficient (Wildman–Crippen LogP) is 2.70. The van der Waals surface area contributed by atoms with E-state index in [0.717, 1.165) is 0 Å². The molecule has 1 aromatic carbocycles. The number of aromatic nitrogens is 1. The Morgan fingerprint density at radius 3 is 2.52 bits per heavy atom. The Morgan fingerprint density at radius 1 is 1.33 bits per heavy atom. The maximum absolute atomic E-state index is 12.6. The Kier molecular flexibility index (Phi) is 3.55. The van der Waals surface area contributed by atoms with Gasteiger partial charge >= 0.3 is 0 Å². The number of anilines is 2. The van der Waals surface area contributed by atoms with Gasteiger partial charge in [0.25, 0.3) is 5.91 Å². The molecule has 0 radical (unpaired) electrons. The molecule has 0 aliphatic carbocycles. The number of hydrogen-bond donors (Lipinski definition) is 2. The Bertz CT molecular complexity index is 655. The highest BCUT2D eigenvalue weighted by atomic mass is 32.1. The second kappa shape index (κ2) is 5.37. The number of benzene rings is 1. The zero-order valence-corrected chi connectivity index (χ0v) is 12.9. The number of rotatable bonds is 3. The smallest absolute Gasteiger partial charge is 0.268 e. The van der Waals surface area contributed by atoms with Crippen molar-refractivity contribution in [2.45, 2.75) is 33.0 Å². The number of amides is 1. The van der Waals surface area contributed by atoms with Gasteiger partial charge in [-0.05, 0) is 25.0 Å². The average molecular weight is 302 g/mol. The number of nitrogen functional groups attached to an aromatic ring is 1. The van der Waals surface area contributed by atoms with Crippen LogP contribution >= 0.6 is 11.3 Å². The molecule has 6 heteroatoms. The lowest BCUT2D eigenvalue weighted by atomic mass is 10.1. The Hall–Kier alpha value is -2.08. The molecule has 1 aliphatic rings. The zero-order valence-electron chi connectivity index (χ0n) is 12.1. The summed E-state index contributed by atoms with van der Waals surface area (Å²) >= 11 is 1.32. The molecule has 0 saturated heterocycles. The third-order valence-electron chi connectivity index (χ3n) is 3.39. The van der Waals surface area contributed by atoms with Gasteiger partial charge in [0.1, 0.15) is 10.7 Å². The van der Waals surface area contributed by atoms with Crippen LogP contribution in [0.4, 0.5) is 10.9 Å². The largest absolute Gasteiger partial charge is 0.382 e. The van der Waals surface area contributed by atoms with E-state index in [0.29, 0.717) is 28.9 Å². The highest BCUT2D eigenvalue weighted by molar-refractivity contribution is 7.18. The van der Waals surface area contributed by atoms with Crippen LogP contribution in [0.2, 0.25) is 0 Å². The average Bonchev–Trinajstić information content (AvgIpc) is 3.00. The quantitative estimate of drug-likeness (QED) is 0.914. The number of thiazole rings is 1. The van der Waals surface area contributed by atoms with Gasteiger partial charge < -0.3 is 16.0 Å². The van der Waals surface area contributed by atoms with Gasteiger partial charge in [-0.2, -0.15) is 0 Å². The second-order valence-corrected chi connectivity index (χ2v) is 6.46. The first kappa shape index (κ1) is 13.9. The maximum Gasteiger partial charge on any atom is 0.268 e. The van der Waals surface area contributed by atoms with Gasteiger partial charge in [-0.3, -0.25) is 4.79 Å². The number of carbonyl (C=O) groups excluding carboxylic acids is 1. The van der Waals surface area contributed by atoms with E-state index in [1.165, 1.54) is 22.5 Å². The molecule has 0 unspecified atom stereocenters. The number of fused-ring (bicyclic) bond motifs is 1. The van der Waals surface area contributed by atoms with E-state index in [2.05, 4.69) is 22.4 Å². The Morgan fingerprint density at radius 2 is 1.95 bits per heavy atom. The van der Waals surface area contributed by atoms with Crippen molar-refractivity contribution >= 4 is 28.2 Å². The number of carbonyl (C=O) groups is 1. The van der Waals surface area contributed by atoms with Crippen LogP contribution in [0, 0.1) is 0 Å². The molecule has 0 spiro atoms. The maximum atomic E-state index is 12.6. The van der Waals surface area contributed by atoms with Crippen molar-refractivity contribution in [1.29, 1.82) is 0 Å². The number of nitrogens with one attached hydrogen (secondary N) is 1. The molecule has 0 saturated carbocycles. The minimum atomic E-state index is -0.0435. The highest BCUT2D eigenvalue weighted by Crippen LogP contribution is 2.30. The fourth-order valence-corrected chi connectivity index (χ4v) is 3.41. The van der Waals surface area contributed by atoms with Crippen molar-refractivity contribution in [3.05, 3.63) is 40.3 Å². The van der Waals surface area contributed by atoms with E-state index in [1.54, 1.807) is 0 Å². The predicted molar refractivity (Wildman–Crippen MR) is 85.3 cm³/mol. The molecule has 1 aromatic heterocycles. The molecule has 3 rings (SSSR count). The van der Waals surface area contributed by atoms with Crippen molar-refractivity contribution in [1.82, 2.24) is 9.88 Å². The zero-order chi connectivity index (χ0) is 15.0. The van der Waals surface area contributed by atoms with Gasteiger partial charge in [0.15, 0.2) is 5.13 Å². The summed E-state index contributed by atoms with van der Waals surface area (Å²) in [5.74, 6) is 0.266. The summed E-state index contributed by atoms with van der Waals surface area (Å²) in [4.78, 5) is 19.2. The number of nitrogens with two attached hydrogens (primary N) is 1. The molecule has 3 N–H and O–H groups in total. The lowest BCUT2D eigenvalue weighted by Crippen LogP contribution is -2.25. The van der Waals surface area contributed by atoms with Crippen LogP contribution in [0.15, 0.2) is 24.3 Å². The Labute approximate surface area is 127 Å². The first-order chi connectivity index (χ1) is 10.0. The molecule has 5 nitrogen and oxygen atoms in total. The molecular formula is C15H18N4OS. The van der Waals surface area contributed by atoms with Crippen LogP contribution in [0.3, 0.4) is 0 Å². The number of nitrogens with zero attached hydrogens (tertiary/aromatic N) is 2. The molecule has 2 heterocycles. The van der Waals surface area contributed by atoms with Gasteiger partial charge in [-0.15, -0.1) is 0 Å². The van der Waals surface area contributed by atoms with Gasteiger partial charge in [0.05, 0.1) is 0 Å². The van der Waals surface area contributed by atoms with Crippen LogP contribution in [-0.4, -0.2) is 21.8 Å². The third kappa shape index (κ3) is 2.71. The van der Waals surface area contributed by atoms with Crippen molar-refractivity contribution < 1.29 is 4.79 Å². The molecule has 1 amide bonds. The number of hydrogen-bond acceptors (Lipinski definition) is 5. The fourth-order valence-electron chi connectivity index (χ4n) is 2.41. The van der Waals surface area contributed by atoms with Crippen LogP contribution in [0.25, 0.3) is 0 Å². The van der Waals surface area contributed by atoms with Gasteiger partial charge in [0.2, 0.25) is 0 Å². The summed E-state index contributed by atoms with van der Waals surface area (Å²) in [6, 6.07) is 8.38. The molecule has 0 bridgehead atoms. The first-order valence-electron chi connectivity index (χ1n) is 6.93. The minimum Gasteiger partial charge on any atom is -0.382 e. The lowest BCUT2D eigenvalue weighted by molar-refractivity contribution is 0.0757. The summed E-state index contributed by atoms with van der Waals surface area (Å²) in [6.07, 6.45) is 0. The lowest BCUT2D eigenvalue weighted by Gasteiger charge is -2.14. The van der Waals surface area contributed by atoms with Crippen molar-refractivity contribution in [2.24, 2.45) is 0 Å². The summed E-state index contributed by atoms with van der Waals surface area (Å²) in [5.41, 5.74) is 8.31. The van der Waals surface area contributed by atoms with Crippen molar-refractivity contribution in [3.8, 4) is 0 Å². The SMILES string of the molecule is CC(C)Nc1nc(N)c(C(=O)N2Cc3ccccc3C2)s1. The molecule has 21 heavy (non-hydrogen) atoms. The van der Waals surface area contributed by atoms with E-state index in [4.69, 9.17) is 5.73 Å². The summed E-state index contributed by atoms with van der Waals surface area (Å²) in [6.45, 7) is 5.32. The van der Waals surface area contributed by atoms with Gasteiger partial charge in [0, 0.05) is 19.1 Å². The molecular weight excluding hydrogens is 284 g/mol. The Balaban J connectivity index is 1.79. The standard InChI is InChI=1S/C15H18N4OS/c1-9(2)17-15-18-13(16)12(21-15)14(20)19-7-10-5-3-4-6-11(10)8-19/h3-6,9H,7-8,16H2,1-2H3,(H,17,18). The summed E-state index contributed by atoms with van der Waals surface area (Å²) in [5, 5.41) is 3.88. The van der Waals surface area contributed by atoms with Gasteiger partial charge in [-0.1, -0.05) is 35.6 Å². The summed E-state index contributed by atoms with van der Waals surface area (Å²) < 4.78 is 0. The molecule has 2 aromatic rings. The molecule has 0 fully saturated rings. The van der Waals surface area contributed by atoms with E-state index >= 15 is 0 Å². The van der Waals surface area contributed by atoms with Crippen molar-refractivity contribution in [2.75, 3.05) is 11.1 Å². The van der Waals surface area contributed by atoms with E-state index < -0.39 is 0 Å². The van der Waals surface area contributed by atoms with Crippen LogP contribution in [-0.2, 0) is 13.1 Å². The van der Waals surface area contributed by atoms with Gasteiger partial charge in [-0.25, -0.2) is 4.98 Å². The second-order valence-electron chi connectivity index (χ2n) is 5.46. The van der Waals surface area contributed by atoms with E-state index in [-0.39, 0.29) is 11.9 Å². The van der Waals surface area contributed by atoms with E-state index in [9.17, 15) is 4.79 Å². The minimum absolute atomic E-state index is 0.0435. The van der Waals surface area contributed by atoms with Crippen LogP contribution in [0.5, 0.6) is 0 Å².